The quantitative estimate of drug-likeness (QED) is 0.732. The Bertz CT molecular complexity index is 780. The van der Waals surface area contributed by atoms with E-state index in [-0.39, 0.29) is 12.3 Å². The molecule has 1 amide bonds. The van der Waals surface area contributed by atoms with Crippen LogP contribution in [0.25, 0.3) is 11.5 Å². The number of aromatic nitrogens is 5. The van der Waals surface area contributed by atoms with Crippen molar-refractivity contribution < 1.29 is 9.32 Å². The minimum Gasteiger partial charge on any atom is -0.350 e. The van der Waals surface area contributed by atoms with Crippen LogP contribution in [0.2, 0.25) is 0 Å². The summed E-state index contributed by atoms with van der Waals surface area (Å²) in [4.78, 5) is 20.3. The highest BCUT2D eigenvalue weighted by atomic mass is 16.5. The maximum atomic E-state index is 11.9. The minimum atomic E-state index is -0.0798. The number of rotatable bonds is 6. The summed E-state index contributed by atoms with van der Waals surface area (Å²) in [5.74, 6) is 0.765. The summed E-state index contributed by atoms with van der Waals surface area (Å²) in [7, 11) is 1.83. The van der Waals surface area contributed by atoms with Crippen LogP contribution in [0.1, 0.15) is 18.0 Å². The molecular formula is C15H16N6O2. The Kier molecular flexibility index (Phi) is 4.41. The summed E-state index contributed by atoms with van der Waals surface area (Å²) in [5, 5.41) is 10.7. The highest BCUT2D eigenvalue weighted by Crippen LogP contribution is 2.12. The van der Waals surface area contributed by atoms with E-state index in [0.717, 1.165) is 5.69 Å². The lowest BCUT2D eigenvalue weighted by atomic mass is 10.3. The zero-order valence-corrected chi connectivity index (χ0v) is 12.6. The fraction of sp³-hybridized carbons (Fsp3) is 0.267. The third-order valence-electron chi connectivity index (χ3n) is 3.32. The van der Waals surface area contributed by atoms with E-state index in [2.05, 4.69) is 25.5 Å². The molecule has 3 heterocycles. The molecule has 23 heavy (non-hydrogen) atoms. The van der Waals surface area contributed by atoms with Crippen LogP contribution < -0.4 is 5.32 Å². The number of carbonyl (C=O) groups is 1. The fourth-order valence-corrected chi connectivity index (χ4v) is 2.03. The Morgan fingerprint density at radius 2 is 2.22 bits per heavy atom. The monoisotopic (exact) mass is 312 g/mol. The van der Waals surface area contributed by atoms with Crippen molar-refractivity contribution in [3.05, 3.63) is 48.2 Å². The van der Waals surface area contributed by atoms with Crippen molar-refractivity contribution in [2.24, 2.45) is 7.05 Å². The van der Waals surface area contributed by atoms with Gasteiger partial charge >= 0.3 is 0 Å². The molecule has 0 saturated heterocycles. The Labute approximate surface area is 132 Å². The second kappa shape index (κ2) is 6.82. The molecule has 0 fully saturated rings. The van der Waals surface area contributed by atoms with Crippen molar-refractivity contribution >= 4 is 5.91 Å². The van der Waals surface area contributed by atoms with Crippen molar-refractivity contribution in [1.29, 1.82) is 0 Å². The molecule has 0 spiro atoms. The molecule has 1 N–H and O–H groups in total. The lowest BCUT2D eigenvalue weighted by Crippen LogP contribution is -2.24. The van der Waals surface area contributed by atoms with Crippen LogP contribution in [0.4, 0.5) is 0 Å². The van der Waals surface area contributed by atoms with Gasteiger partial charge in [0.15, 0.2) is 0 Å². The second-order valence-corrected chi connectivity index (χ2v) is 4.95. The molecule has 0 bridgehead atoms. The van der Waals surface area contributed by atoms with Crippen LogP contribution in [-0.4, -0.2) is 30.8 Å². The standard InChI is InChI=1S/C15H16N6O2/c1-21-11(7-9-18-21)10-17-13(22)5-6-14-19-15(20-23-14)12-4-2-3-8-16-12/h2-4,7-9H,5-6,10H2,1H3,(H,17,22). The molecule has 0 saturated carbocycles. The largest absolute Gasteiger partial charge is 0.350 e. The van der Waals surface area contributed by atoms with Gasteiger partial charge in [-0.15, -0.1) is 0 Å². The van der Waals surface area contributed by atoms with Gasteiger partial charge in [-0.3, -0.25) is 14.5 Å². The third kappa shape index (κ3) is 3.79. The second-order valence-electron chi connectivity index (χ2n) is 4.95. The van der Waals surface area contributed by atoms with Gasteiger partial charge < -0.3 is 9.84 Å². The number of amides is 1. The van der Waals surface area contributed by atoms with Gasteiger partial charge in [-0.25, -0.2) is 0 Å². The summed E-state index contributed by atoms with van der Waals surface area (Å²) in [6, 6.07) is 7.33. The predicted molar refractivity (Wildman–Crippen MR) is 80.9 cm³/mol. The van der Waals surface area contributed by atoms with E-state index in [9.17, 15) is 4.79 Å². The summed E-state index contributed by atoms with van der Waals surface area (Å²) in [6.07, 6.45) is 4.02. The van der Waals surface area contributed by atoms with Gasteiger partial charge in [0.25, 0.3) is 0 Å². The Hall–Kier alpha value is -3.03. The zero-order chi connectivity index (χ0) is 16.1. The Morgan fingerprint density at radius 1 is 1.30 bits per heavy atom. The number of hydrogen-bond acceptors (Lipinski definition) is 6. The molecule has 0 aliphatic rings. The van der Waals surface area contributed by atoms with Crippen LogP contribution in [-0.2, 0) is 24.8 Å². The molecule has 8 heteroatoms. The molecule has 3 aromatic rings. The highest BCUT2D eigenvalue weighted by Gasteiger charge is 2.11. The van der Waals surface area contributed by atoms with E-state index in [1.807, 2.05) is 25.2 Å². The first-order valence-corrected chi connectivity index (χ1v) is 7.20. The van der Waals surface area contributed by atoms with E-state index in [1.54, 1.807) is 23.1 Å². The van der Waals surface area contributed by atoms with Gasteiger partial charge in [-0.1, -0.05) is 11.2 Å². The van der Waals surface area contributed by atoms with Gasteiger partial charge in [-0.2, -0.15) is 10.1 Å². The first-order valence-electron chi connectivity index (χ1n) is 7.20. The average molecular weight is 312 g/mol. The molecule has 0 radical (unpaired) electrons. The molecular weight excluding hydrogens is 296 g/mol. The van der Waals surface area contributed by atoms with Crippen molar-refractivity contribution in [2.45, 2.75) is 19.4 Å². The fourth-order valence-electron chi connectivity index (χ4n) is 2.03. The zero-order valence-electron chi connectivity index (χ0n) is 12.6. The molecule has 0 unspecified atom stereocenters. The third-order valence-corrected chi connectivity index (χ3v) is 3.32. The van der Waals surface area contributed by atoms with Gasteiger partial charge in [-0.05, 0) is 18.2 Å². The molecule has 118 valence electrons. The van der Waals surface area contributed by atoms with Crippen molar-refractivity contribution in [3.63, 3.8) is 0 Å². The Balaban J connectivity index is 1.50. The molecule has 0 aromatic carbocycles. The Morgan fingerprint density at radius 3 is 2.96 bits per heavy atom. The van der Waals surface area contributed by atoms with Crippen LogP contribution >= 0.6 is 0 Å². The van der Waals surface area contributed by atoms with Gasteiger partial charge in [0.2, 0.25) is 17.6 Å². The molecule has 0 aliphatic carbocycles. The summed E-state index contributed by atoms with van der Waals surface area (Å²) >= 11 is 0. The van der Waals surface area contributed by atoms with Crippen molar-refractivity contribution in [3.8, 4) is 11.5 Å². The smallest absolute Gasteiger partial charge is 0.227 e. The number of pyridine rings is 1. The molecule has 0 atom stereocenters. The number of nitrogens with one attached hydrogen (secondary N) is 1. The van der Waals surface area contributed by atoms with Gasteiger partial charge in [0.1, 0.15) is 5.69 Å². The predicted octanol–water partition coefficient (Wildman–Crippen LogP) is 1.11. The average Bonchev–Trinajstić information content (AvgIpc) is 3.21. The van der Waals surface area contributed by atoms with E-state index < -0.39 is 0 Å². The summed E-state index contributed by atoms with van der Waals surface area (Å²) < 4.78 is 6.86. The first kappa shape index (κ1) is 14.9. The van der Waals surface area contributed by atoms with Crippen LogP contribution in [0.15, 0.2) is 41.2 Å². The topological polar surface area (TPSA) is 98.7 Å². The SMILES string of the molecule is Cn1nccc1CNC(=O)CCc1nc(-c2ccccn2)no1. The van der Waals surface area contributed by atoms with Crippen molar-refractivity contribution in [2.75, 3.05) is 0 Å². The van der Waals surface area contributed by atoms with Gasteiger partial charge in [0, 0.05) is 32.3 Å². The number of aryl methyl sites for hydroxylation is 2. The van der Waals surface area contributed by atoms with E-state index in [4.69, 9.17) is 4.52 Å². The van der Waals surface area contributed by atoms with Crippen LogP contribution in [0.3, 0.4) is 0 Å². The molecule has 3 aromatic heterocycles. The maximum Gasteiger partial charge on any atom is 0.227 e. The van der Waals surface area contributed by atoms with Crippen LogP contribution in [0, 0.1) is 0 Å². The van der Waals surface area contributed by atoms with E-state index in [1.165, 1.54) is 0 Å². The number of carbonyl (C=O) groups excluding carboxylic acids is 1. The summed E-state index contributed by atoms with van der Waals surface area (Å²) in [6.45, 7) is 0.443. The van der Waals surface area contributed by atoms with Gasteiger partial charge in [0.05, 0.1) is 12.2 Å². The van der Waals surface area contributed by atoms with E-state index in [0.29, 0.717) is 30.4 Å². The highest BCUT2D eigenvalue weighted by molar-refractivity contribution is 5.75. The molecule has 8 nitrogen and oxygen atoms in total. The summed E-state index contributed by atoms with van der Waals surface area (Å²) in [5.41, 5.74) is 1.58. The van der Waals surface area contributed by atoms with E-state index >= 15 is 0 Å². The van der Waals surface area contributed by atoms with Crippen LogP contribution in [0.5, 0.6) is 0 Å². The number of nitrogens with zero attached hydrogens (tertiary/aromatic N) is 5. The van der Waals surface area contributed by atoms with Crippen molar-refractivity contribution in [1.82, 2.24) is 30.2 Å². The minimum absolute atomic E-state index is 0.0798. The lowest BCUT2D eigenvalue weighted by molar-refractivity contribution is -0.121. The molecule has 3 rings (SSSR count). The normalized spacial score (nSPS) is 10.7. The lowest BCUT2D eigenvalue weighted by Gasteiger charge is -2.04. The number of hydrogen-bond donors (Lipinski definition) is 1. The maximum absolute atomic E-state index is 11.9. The molecule has 0 aliphatic heterocycles. The first-order chi connectivity index (χ1) is 11.2.